The summed E-state index contributed by atoms with van der Waals surface area (Å²) in [5.41, 5.74) is -1.93. The number of alkyl halides is 3. The third-order valence-electron chi connectivity index (χ3n) is 4.86. The van der Waals surface area contributed by atoms with Gasteiger partial charge in [0.05, 0.1) is 16.0 Å². The first-order valence-corrected chi connectivity index (χ1v) is 9.77. The van der Waals surface area contributed by atoms with Gasteiger partial charge in [0.15, 0.2) is 21.4 Å². The SMILES string of the molecule is O=S(=O)(c1ccc(C(F)(F)F)cc1)[C@@]1(CCO)c2c(F)ccc(F)c2OC[C@@H]1O. The van der Waals surface area contributed by atoms with Crippen molar-refractivity contribution in [1.82, 2.24) is 0 Å². The number of hydrogen-bond donors (Lipinski definition) is 2. The highest BCUT2D eigenvalue weighted by atomic mass is 32.2. The molecule has 158 valence electrons. The summed E-state index contributed by atoms with van der Waals surface area (Å²) in [5.74, 6) is -3.03. The van der Waals surface area contributed by atoms with E-state index in [0.717, 1.165) is 0 Å². The molecule has 2 aromatic carbocycles. The van der Waals surface area contributed by atoms with E-state index in [1.165, 1.54) is 0 Å². The Morgan fingerprint density at radius 1 is 1.07 bits per heavy atom. The molecule has 2 aromatic rings. The van der Waals surface area contributed by atoms with E-state index in [2.05, 4.69) is 0 Å². The van der Waals surface area contributed by atoms with Crippen LogP contribution >= 0.6 is 0 Å². The van der Waals surface area contributed by atoms with E-state index in [4.69, 9.17) is 4.74 Å². The largest absolute Gasteiger partial charge is 0.487 e. The lowest BCUT2D eigenvalue weighted by atomic mass is 9.86. The molecule has 0 aromatic heterocycles. The quantitative estimate of drug-likeness (QED) is 0.718. The van der Waals surface area contributed by atoms with Gasteiger partial charge in [0.2, 0.25) is 0 Å². The minimum absolute atomic E-state index is 0.522. The zero-order valence-corrected chi connectivity index (χ0v) is 15.4. The van der Waals surface area contributed by atoms with Crippen molar-refractivity contribution in [3.63, 3.8) is 0 Å². The first-order valence-electron chi connectivity index (χ1n) is 8.29. The summed E-state index contributed by atoms with van der Waals surface area (Å²) in [5, 5.41) is 20.0. The summed E-state index contributed by atoms with van der Waals surface area (Å²) >= 11 is 0. The Balaban J connectivity index is 2.28. The zero-order valence-electron chi connectivity index (χ0n) is 14.6. The molecule has 11 heteroatoms. The summed E-state index contributed by atoms with van der Waals surface area (Å²) in [4.78, 5) is -0.658. The smallest absolute Gasteiger partial charge is 0.416 e. The van der Waals surface area contributed by atoms with Gasteiger partial charge in [-0.25, -0.2) is 17.2 Å². The molecule has 2 N–H and O–H groups in total. The predicted molar refractivity (Wildman–Crippen MR) is 89.9 cm³/mol. The second-order valence-corrected chi connectivity index (χ2v) is 8.66. The van der Waals surface area contributed by atoms with Gasteiger partial charge in [-0.2, -0.15) is 13.2 Å². The normalized spacial score (nSPS) is 22.1. The van der Waals surface area contributed by atoms with Crippen molar-refractivity contribution in [2.45, 2.75) is 28.3 Å². The van der Waals surface area contributed by atoms with Crippen molar-refractivity contribution < 1.29 is 45.3 Å². The average Bonchev–Trinajstić information content (AvgIpc) is 2.66. The molecule has 0 radical (unpaired) electrons. The second-order valence-electron chi connectivity index (χ2n) is 6.45. The summed E-state index contributed by atoms with van der Waals surface area (Å²) in [6.45, 7) is -1.57. The Morgan fingerprint density at radius 3 is 2.21 bits per heavy atom. The summed E-state index contributed by atoms with van der Waals surface area (Å²) in [7, 11) is -4.81. The molecular formula is C18H15F5O5S. The highest BCUT2D eigenvalue weighted by Gasteiger charge is 2.57. The van der Waals surface area contributed by atoms with Crippen LogP contribution in [0.3, 0.4) is 0 Å². The number of aliphatic hydroxyl groups is 2. The van der Waals surface area contributed by atoms with Gasteiger partial charge in [0, 0.05) is 6.61 Å². The molecule has 1 aliphatic heterocycles. The van der Waals surface area contributed by atoms with E-state index < -0.39 is 79.9 Å². The fraction of sp³-hybridized carbons (Fsp3) is 0.333. The fourth-order valence-corrected chi connectivity index (χ4v) is 5.63. The maximum absolute atomic E-state index is 14.7. The van der Waals surface area contributed by atoms with Crippen LogP contribution < -0.4 is 4.74 Å². The second kappa shape index (κ2) is 7.22. The van der Waals surface area contributed by atoms with Crippen molar-refractivity contribution in [2.24, 2.45) is 0 Å². The van der Waals surface area contributed by atoms with E-state index in [-0.39, 0.29) is 0 Å². The van der Waals surface area contributed by atoms with E-state index in [0.29, 0.717) is 36.4 Å². The number of benzene rings is 2. The Morgan fingerprint density at radius 2 is 1.66 bits per heavy atom. The molecule has 0 fully saturated rings. The number of ether oxygens (including phenoxy) is 1. The van der Waals surface area contributed by atoms with Gasteiger partial charge < -0.3 is 14.9 Å². The molecule has 0 spiro atoms. The van der Waals surface area contributed by atoms with E-state index in [1.807, 2.05) is 0 Å². The molecule has 0 saturated heterocycles. The number of sulfone groups is 1. The third-order valence-corrected chi connectivity index (χ3v) is 7.39. The van der Waals surface area contributed by atoms with Crippen LogP contribution in [0.25, 0.3) is 0 Å². The predicted octanol–water partition coefficient (Wildman–Crippen LogP) is 2.79. The van der Waals surface area contributed by atoms with Crippen LogP contribution in [-0.2, 0) is 20.8 Å². The van der Waals surface area contributed by atoms with Gasteiger partial charge in [0.25, 0.3) is 0 Å². The lowest BCUT2D eigenvalue weighted by Gasteiger charge is -2.41. The lowest BCUT2D eigenvalue weighted by molar-refractivity contribution is -0.137. The average molecular weight is 438 g/mol. The number of aliphatic hydroxyl groups excluding tert-OH is 2. The number of halogens is 5. The van der Waals surface area contributed by atoms with Crippen molar-refractivity contribution in [1.29, 1.82) is 0 Å². The topological polar surface area (TPSA) is 83.8 Å². The fourth-order valence-electron chi connectivity index (χ4n) is 3.47. The molecule has 2 atom stereocenters. The van der Waals surface area contributed by atoms with Crippen LogP contribution in [-0.4, -0.2) is 37.9 Å². The van der Waals surface area contributed by atoms with Crippen LogP contribution in [0.2, 0.25) is 0 Å². The van der Waals surface area contributed by atoms with Crippen molar-refractivity contribution in [3.8, 4) is 5.75 Å². The number of hydrogen-bond acceptors (Lipinski definition) is 5. The van der Waals surface area contributed by atoms with E-state index in [1.54, 1.807) is 0 Å². The first-order chi connectivity index (χ1) is 13.5. The standard InChI is InChI=1S/C18H15F5O5S/c19-12-5-6-13(20)16-15(12)17(7-8-24,14(25)9-28-16)29(26,27)11-3-1-10(2-4-11)18(21,22)23/h1-6,14,24-25H,7-9H2/t14-,17+/m0/s1. The van der Waals surface area contributed by atoms with Crippen LogP contribution in [0.5, 0.6) is 5.75 Å². The van der Waals surface area contributed by atoms with Gasteiger partial charge in [0.1, 0.15) is 23.3 Å². The first kappa shape index (κ1) is 21.5. The van der Waals surface area contributed by atoms with Crippen molar-refractivity contribution in [3.05, 3.63) is 59.2 Å². The number of rotatable bonds is 4. The molecular weight excluding hydrogens is 423 g/mol. The Labute approximate surface area is 162 Å². The highest BCUT2D eigenvalue weighted by Crippen LogP contribution is 2.50. The minimum Gasteiger partial charge on any atom is -0.487 e. The summed E-state index contributed by atoms with van der Waals surface area (Å²) in [6.07, 6.45) is -7.38. The van der Waals surface area contributed by atoms with E-state index >= 15 is 0 Å². The minimum atomic E-state index is -4.81. The Hall–Kier alpha value is -2.24. The van der Waals surface area contributed by atoms with Crippen molar-refractivity contribution >= 4 is 9.84 Å². The van der Waals surface area contributed by atoms with Gasteiger partial charge in [-0.05, 0) is 42.8 Å². The van der Waals surface area contributed by atoms with Crippen LogP contribution in [0, 0.1) is 11.6 Å². The molecule has 3 rings (SSSR count). The summed E-state index contributed by atoms with van der Waals surface area (Å²) < 4.78 is 96.4. The monoisotopic (exact) mass is 438 g/mol. The maximum Gasteiger partial charge on any atom is 0.416 e. The highest BCUT2D eigenvalue weighted by molar-refractivity contribution is 7.92. The maximum atomic E-state index is 14.7. The molecule has 0 saturated carbocycles. The molecule has 0 bridgehead atoms. The lowest BCUT2D eigenvalue weighted by Crippen LogP contribution is -2.53. The summed E-state index contributed by atoms with van der Waals surface area (Å²) in [6, 6.07) is 3.72. The van der Waals surface area contributed by atoms with Gasteiger partial charge >= 0.3 is 6.18 Å². The molecule has 5 nitrogen and oxygen atoms in total. The van der Waals surface area contributed by atoms with Gasteiger partial charge in [-0.1, -0.05) is 0 Å². The zero-order chi connectivity index (χ0) is 21.6. The van der Waals surface area contributed by atoms with Gasteiger partial charge in [-0.3, -0.25) is 0 Å². The molecule has 0 unspecified atom stereocenters. The molecule has 29 heavy (non-hydrogen) atoms. The molecule has 0 amide bonds. The van der Waals surface area contributed by atoms with Crippen LogP contribution in [0.15, 0.2) is 41.3 Å². The van der Waals surface area contributed by atoms with E-state index in [9.17, 15) is 40.6 Å². The molecule has 0 aliphatic carbocycles. The van der Waals surface area contributed by atoms with Crippen molar-refractivity contribution in [2.75, 3.05) is 13.2 Å². The Kier molecular flexibility index (Phi) is 5.35. The Bertz CT molecular complexity index is 1020. The number of fused-ring (bicyclic) bond motifs is 1. The van der Waals surface area contributed by atoms with Gasteiger partial charge in [-0.15, -0.1) is 0 Å². The molecule has 1 heterocycles. The molecule has 1 aliphatic rings. The van der Waals surface area contributed by atoms with Crippen LogP contribution in [0.1, 0.15) is 17.5 Å². The van der Waals surface area contributed by atoms with Crippen LogP contribution in [0.4, 0.5) is 22.0 Å². The third kappa shape index (κ3) is 3.26.